The molecule has 0 heterocycles. The molecule has 37 rings (SSSR count). The Morgan fingerprint density at radius 3 is 0.176 bits per heavy atom. The molecule has 0 fully saturated rings. The first-order chi connectivity index (χ1) is 53.4. The highest BCUT2D eigenvalue weighted by atomic mass is 14.1. The molecule has 0 saturated carbocycles. The van der Waals surface area contributed by atoms with E-state index in [1.54, 1.807) is 0 Å². The first kappa shape index (κ1) is 64.8. The second kappa shape index (κ2) is 28.5. The fourth-order valence-corrected chi connectivity index (χ4v) is 15.5. The summed E-state index contributed by atoms with van der Waals surface area (Å²) in [4.78, 5) is 0. The van der Waals surface area contributed by atoms with Crippen LogP contribution in [0.3, 0.4) is 0 Å². The van der Waals surface area contributed by atoms with E-state index in [9.17, 15) is 0 Å². The van der Waals surface area contributed by atoms with E-state index < -0.39 is 0 Å². The number of hydrogen-bond acceptors (Lipinski definition) is 0. The third-order valence-electron chi connectivity index (χ3n) is 21.8. The highest BCUT2D eigenvalue weighted by Gasteiger charge is 2.04. The maximum absolute atomic E-state index is 2.30. The minimum Gasteiger partial charge on any atom is -0.0610 e. The summed E-state index contributed by atoms with van der Waals surface area (Å²) in [6.07, 6.45) is 0. The Morgan fingerprint density at radius 1 is 0.0556 bits per heavy atom. The van der Waals surface area contributed by atoms with Gasteiger partial charge in [0, 0.05) is 0 Å². The van der Waals surface area contributed by atoms with Crippen LogP contribution in [-0.4, -0.2) is 0 Å². The van der Waals surface area contributed by atoms with Crippen molar-refractivity contribution in [3.05, 3.63) is 437 Å². The molecule has 0 N–H and O–H groups in total. The van der Waals surface area contributed by atoms with Crippen LogP contribution in [-0.2, 0) is 0 Å². The third-order valence-corrected chi connectivity index (χ3v) is 21.8. The summed E-state index contributed by atoms with van der Waals surface area (Å²) in [7, 11) is 0. The molecule has 37 aromatic carbocycles. The van der Waals surface area contributed by atoms with Crippen LogP contribution in [0.25, 0.3) is 194 Å². The molecular weight excluding hydrogens is 1300 g/mol. The maximum Gasteiger partial charge on any atom is -0.0178 e. The fraction of sp³-hybridized carbons (Fsp3) is 0. The number of hydrogen-bond donors (Lipinski definition) is 0. The zero-order chi connectivity index (χ0) is 71.7. The lowest BCUT2D eigenvalue weighted by Crippen LogP contribution is -1.75. The van der Waals surface area contributed by atoms with Gasteiger partial charge in [-0.2, -0.15) is 0 Å². The largest absolute Gasteiger partial charge is 0.0610 e. The summed E-state index contributed by atoms with van der Waals surface area (Å²) >= 11 is 0. The van der Waals surface area contributed by atoms with Gasteiger partial charge in [0.15, 0.2) is 0 Å². The van der Waals surface area contributed by atoms with Crippen LogP contribution < -0.4 is 0 Å². The lowest BCUT2D eigenvalue weighted by atomic mass is 10.0. The Balaban J connectivity index is 0.656. The molecule has 0 spiro atoms. The normalized spacial score (nSPS) is 11.3. The van der Waals surface area contributed by atoms with Gasteiger partial charge in [0.05, 0.1) is 0 Å². The van der Waals surface area contributed by atoms with Gasteiger partial charge in [-0.3, -0.25) is 0 Å². The van der Waals surface area contributed by atoms with Gasteiger partial charge in [0.1, 0.15) is 0 Å². The highest BCUT2D eigenvalue weighted by molar-refractivity contribution is 6.03. The van der Waals surface area contributed by atoms with E-state index in [0.29, 0.717) is 0 Å². The van der Waals surface area contributed by atoms with E-state index in [0.717, 1.165) is 0 Å². The Morgan fingerprint density at radius 2 is 0.111 bits per heavy atom. The average molecular weight is 1370 g/mol. The molecule has 0 amide bonds. The predicted molar refractivity (Wildman–Crippen MR) is 474 cm³/mol. The van der Waals surface area contributed by atoms with Crippen molar-refractivity contribution in [3.8, 4) is 0 Å². The molecule has 36 bridgehead atoms. The van der Waals surface area contributed by atoms with Crippen LogP contribution in [0.15, 0.2) is 437 Å². The summed E-state index contributed by atoms with van der Waals surface area (Å²) < 4.78 is 0. The molecular formula is C108H72. The lowest BCUT2D eigenvalue weighted by molar-refractivity contribution is 1.77. The van der Waals surface area contributed by atoms with E-state index in [1.165, 1.54) is 194 Å². The van der Waals surface area contributed by atoms with Crippen LogP contribution in [0, 0.1) is 0 Å². The quantitative estimate of drug-likeness (QED) is 0.142. The number of benzene rings is 18. The van der Waals surface area contributed by atoms with Crippen LogP contribution in [0.4, 0.5) is 0 Å². The van der Waals surface area contributed by atoms with Crippen molar-refractivity contribution >= 4 is 194 Å². The van der Waals surface area contributed by atoms with Crippen molar-refractivity contribution in [2.45, 2.75) is 0 Å². The topological polar surface area (TPSA) is 0 Å². The standard InChI is InChI=1S/C108H72/c1-7-97-67-98(8-1)86-45-21-74(22-46-86)76-25-49-88(50-26-76)100-10-3-12-102(69-100)90-53-29-78(30-54-90)80-33-57-92(58-34-80)104-14-5-16-106(71-104)94-61-37-82(38-62-94)84-41-65-96(66-42-84)108-18-6-17-107(72-108)95-63-39-83(40-64-95)81-35-59-93(60-36-81)105-15-4-13-103(70-105)91-55-31-79(32-56-91)77-27-51-89(52-28-77)101-11-2-9-99(68-101)87-47-23-75(24-48-87)73-19-43-85(97)44-20-73/h1-72H. The summed E-state index contributed by atoms with van der Waals surface area (Å²) in [5, 5.41) is 42.9. The lowest BCUT2D eigenvalue weighted by Gasteiger charge is -2.01. The third kappa shape index (κ3) is 13.4. The van der Waals surface area contributed by atoms with Gasteiger partial charge in [-0.25, -0.2) is 0 Å². The maximum atomic E-state index is 2.30. The van der Waals surface area contributed by atoms with Gasteiger partial charge in [0.25, 0.3) is 0 Å². The van der Waals surface area contributed by atoms with Crippen LogP contribution >= 0.6 is 0 Å². The van der Waals surface area contributed by atoms with Gasteiger partial charge in [-0.05, 0) is 230 Å². The van der Waals surface area contributed by atoms with Gasteiger partial charge >= 0.3 is 0 Å². The second-order valence-corrected chi connectivity index (χ2v) is 28.4. The first-order valence-electron chi connectivity index (χ1n) is 37.3. The second-order valence-electron chi connectivity index (χ2n) is 28.4. The fourth-order valence-electron chi connectivity index (χ4n) is 15.5. The van der Waals surface area contributed by atoms with Crippen LogP contribution in [0.1, 0.15) is 0 Å². The van der Waals surface area contributed by atoms with Crippen molar-refractivity contribution in [1.29, 1.82) is 0 Å². The van der Waals surface area contributed by atoms with Crippen LogP contribution in [0.2, 0.25) is 0 Å². The van der Waals surface area contributed by atoms with Crippen molar-refractivity contribution in [1.82, 2.24) is 0 Å². The first-order valence-corrected chi connectivity index (χ1v) is 37.3. The van der Waals surface area contributed by atoms with Gasteiger partial charge in [-0.1, -0.05) is 400 Å². The predicted octanol–water partition coefficient (Wildman–Crippen LogP) is 30.9. The van der Waals surface area contributed by atoms with Crippen molar-refractivity contribution in [3.63, 3.8) is 0 Å². The minimum absolute atomic E-state index is 1.19. The summed E-state index contributed by atoms with van der Waals surface area (Å²) in [5.41, 5.74) is 0. The van der Waals surface area contributed by atoms with E-state index in [2.05, 4.69) is 437 Å². The van der Waals surface area contributed by atoms with E-state index >= 15 is 0 Å². The molecule has 0 saturated heterocycles. The summed E-state index contributed by atoms with van der Waals surface area (Å²) in [6.45, 7) is 0. The monoisotopic (exact) mass is 1370 g/mol. The molecule has 0 aromatic heterocycles. The van der Waals surface area contributed by atoms with Crippen molar-refractivity contribution < 1.29 is 0 Å². The Kier molecular flexibility index (Phi) is 17.1. The Bertz CT molecular complexity index is 5740. The van der Waals surface area contributed by atoms with E-state index in [1.807, 2.05) is 0 Å². The van der Waals surface area contributed by atoms with Crippen molar-refractivity contribution in [2.24, 2.45) is 0 Å². The summed E-state index contributed by atoms with van der Waals surface area (Å²) in [5.74, 6) is 0. The molecule has 0 unspecified atom stereocenters. The van der Waals surface area contributed by atoms with Crippen LogP contribution in [0.5, 0.6) is 0 Å². The molecule has 0 nitrogen and oxygen atoms in total. The average Bonchev–Trinajstić information content (AvgIpc) is 0.826. The Labute approximate surface area is 626 Å². The van der Waals surface area contributed by atoms with Crippen molar-refractivity contribution in [2.75, 3.05) is 0 Å². The molecule has 0 aliphatic heterocycles. The molecule has 0 aliphatic carbocycles. The van der Waals surface area contributed by atoms with E-state index in [4.69, 9.17) is 0 Å². The molecule has 108 heavy (non-hydrogen) atoms. The zero-order valence-electron chi connectivity index (χ0n) is 59.6. The van der Waals surface area contributed by atoms with Gasteiger partial charge in [0.2, 0.25) is 0 Å². The van der Waals surface area contributed by atoms with Gasteiger partial charge in [-0.15, -0.1) is 0 Å². The highest BCUT2D eigenvalue weighted by Crippen LogP contribution is 2.31. The zero-order valence-corrected chi connectivity index (χ0v) is 59.6. The molecule has 0 atom stereocenters. The molecule has 504 valence electrons. The molecule has 0 radical (unpaired) electrons. The number of rotatable bonds is 0. The smallest absolute Gasteiger partial charge is 0.0178 e. The Hall–Kier alpha value is -14.0. The SMILES string of the molecule is c1cc2cc(c1)c1ccc(cc1)c1ccc(cc1)c1cccc(c1)c1ccc(cc1)c1ccc(cc1)c1cccc(c1)c1ccc(cc1)c1ccc(cc1)c1cccc(c1)c1ccc(cc1)c1ccc(cc1)c1cccc(c1)c1ccc(cc1)c1ccc(cc1)c1cccc(c1)c1ccc(cc1)c1ccc2cc1. The molecule has 37 aromatic rings. The minimum atomic E-state index is 1.19. The molecule has 0 heteroatoms. The van der Waals surface area contributed by atoms with E-state index in [-0.39, 0.29) is 0 Å². The van der Waals surface area contributed by atoms with Gasteiger partial charge < -0.3 is 0 Å². The molecule has 0 aliphatic rings. The summed E-state index contributed by atoms with van der Waals surface area (Å²) in [6, 6.07) is 161.